The van der Waals surface area contributed by atoms with E-state index in [0.29, 0.717) is 20.1 Å². The third-order valence-electron chi connectivity index (χ3n) is 2.80. The van der Waals surface area contributed by atoms with Crippen LogP contribution in [0.25, 0.3) is 0 Å². The van der Waals surface area contributed by atoms with Crippen LogP contribution in [0, 0.1) is 6.92 Å². The van der Waals surface area contributed by atoms with E-state index >= 15 is 0 Å². The number of benzene rings is 2. The molecule has 0 spiro atoms. The molecule has 2 rings (SSSR count). The number of hydrogen-bond donors (Lipinski definition) is 2. The minimum absolute atomic E-state index is 0.0534. The van der Waals surface area contributed by atoms with E-state index in [4.69, 9.17) is 0 Å². The van der Waals surface area contributed by atoms with E-state index in [1.165, 1.54) is 6.21 Å². The van der Waals surface area contributed by atoms with Crippen molar-refractivity contribution in [2.24, 2.45) is 5.10 Å². The largest absolute Gasteiger partial charge is 0.506 e. The van der Waals surface area contributed by atoms with Gasteiger partial charge < -0.3 is 5.11 Å². The predicted octanol–water partition coefficient (Wildman–Crippen LogP) is 4.75. The number of hydrazone groups is 1. The first-order chi connectivity index (χ1) is 10.4. The van der Waals surface area contributed by atoms with Crippen LogP contribution in [-0.2, 0) is 0 Å². The normalized spacial score (nSPS) is 10.9. The summed E-state index contributed by atoms with van der Waals surface area (Å²) >= 11 is 9.91. The topological polar surface area (TPSA) is 61.7 Å². The Morgan fingerprint density at radius 3 is 2.59 bits per heavy atom. The molecule has 114 valence electrons. The van der Waals surface area contributed by atoms with Crippen molar-refractivity contribution < 1.29 is 9.90 Å². The van der Waals surface area contributed by atoms with Crippen LogP contribution in [0.3, 0.4) is 0 Å². The van der Waals surface area contributed by atoms with Crippen molar-refractivity contribution in [3.05, 3.63) is 60.4 Å². The Bertz CT molecular complexity index is 761. The molecule has 0 radical (unpaired) electrons. The molecule has 1 amide bonds. The smallest absolute Gasteiger partial charge is 0.272 e. The van der Waals surface area contributed by atoms with Crippen molar-refractivity contribution in [1.29, 1.82) is 0 Å². The van der Waals surface area contributed by atoms with E-state index in [0.717, 1.165) is 10.0 Å². The Labute approximate surface area is 153 Å². The Morgan fingerprint density at radius 2 is 1.91 bits per heavy atom. The van der Waals surface area contributed by atoms with E-state index in [1.54, 1.807) is 18.2 Å². The van der Waals surface area contributed by atoms with Crippen LogP contribution in [0.2, 0.25) is 0 Å². The summed E-state index contributed by atoms with van der Waals surface area (Å²) < 4.78 is 2.02. The molecule has 0 saturated heterocycles. The summed E-state index contributed by atoms with van der Waals surface area (Å²) in [7, 11) is 0. The first-order valence-electron chi connectivity index (χ1n) is 6.16. The molecule has 0 unspecified atom stereocenters. The lowest BCUT2D eigenvalue weighted by atomic mass is 10.1. The molecule has 0 aromatic heterocycles. The maximum Gasteiger partial charge on any atom is 0.272 e. The van der Waals surface area contributed by atoms with Gasteiger partial charge in [0.15, 0.2) is 0 Å². The summed E-state index contributed by atoms with van der Waals surface area (Å²) in [5.74, 6) is -0.283. The highest BCUT2D eigenvalue weighted by atomic mass is 79.9. The molecule has 0 saturated carbocycles. The van der Waals surface area contributed by atoms with Crippen LogP contribution >= 0.6 is 47.8 Å². The lowest BCUT2D eigenvalue weighted by molar-refractivity contribution is 0.0954. The van der Waals surface area contributed by atoms with Crippen molar-refractivity contribution in [1.82, 2.24) is 5.43 Å². The molecule has 7 heteroatoms. The van der Waals surface area contributed by atoms with Gasteiger partial charge in [-0.3, -0.25) is 4.79 Å². The second-order valence-electron chi connectivity index (χ2n) is 4.51. The van der Waals surface area contributed by atoms with Crippen LogP contribution in [0.4, 0.5) is 0 Å². The van der Waals surface area contributed by atoms with Gasteiger partial charge in [-0.2, -0.15) is 5.10 Å². The molecule has 0 fully saturated rings. The van der Waals surface area contributed by atoms with E-state index in [-0.39, 0.29) is 11.7 Å². The van der Waals surface area contributed by atoms with Crippen LogP contribution in [0.5, 0.6) is 5.75 Å². The van der Waals surface area contributed by atoms with Gasteiger partial charge in [-0.25, -0.2) is 5.43 Å². The third-order valence-corrected chi connectivity index (χ3v) is 4.52. The number of amides is 1. The number of phenolic OH excluding ortho intramolecular Hbond substituents is 1. The fourth-order valence-electron chi connectivity index (χ4n) is 1.71. The second-order valence-corrected chi connectivity index (χ2v) is 7.13. The SMILES string of the molecule is Cc1ccc(C(=O)NN=Cc2cc(Br)cc(Br)c2O)c(Br)c1. The molecule has 2 aromatic rings. The van der Waals surface area contributed by atoms with Gasteiger partial charge in [0.2, 0.25) is 0 Å². The summed E-state index contributed by atoms with van der Waals surface area (Å²) in [4.78, 5) is 12.0. The minimum Gasteiger partial charge on any atom is -0.506 e. The number of halogens is 3. The lowest BCUT2D eigenvalue weighted by Gasteiger charge is -2.05. The molecular formula is C15H11Br3N2O2. The van der Waals surface area contributed by atoms with Gasteiger partial charge in [-0.1, -0.05) is 22.0 Å². The Hall–Kier alpha value is -1.18. The average Bonchev–Trinajstić information content (AvgIpc) is 2.43. The van der Waals surface area contributed by atoms with Crippen LogP contribution < -0.4 is 5.43 Å². The lowest BCUT2D eigenvalue weighted by Crippen LogP contribution is -2.18. The van der Waals surface area contributed by atoms with Crippen LogP contribution in [-0.4, -0.2) is 17.2 Å². The number of aromatic hydroxyl groups is 1. The van der Waals surface area contributed by atoms with E-state index in [9.17, 15) is 9.90 Å². The summed E-state index contributed by atoms with van der Waals surface area (Å²) in [5.41, 5.74) is 4.45. The molecule has 0 bridgehead atoms. The second kappa shape index (κ2) is 7.39. The van der Waals surface area contributed by atoms with Crippen LogP contribution in [0.15, 0.2) is 48.9 Å². The zero-order valence-electron chi connectivity index (χ0n) is 11.4. The van der Waals surface area contributed by atoms with Gasteiger partial charge in [-0.05, 0) is 68.6 Å². The first kappa shape index (κ1) is 17.2. The zero-order chi connectivity index (χ0) is 16.3. The Kier molecular flexibility index (Phi) is 5.77. The van der Waals surface area contributed by atoms with E-state index in [2.05, 4.69) is 58.3 Å². The molecule has 22 heavy (non-hydrogen) atoms. The van der Waals surface area contributed by atoms with Gasteiger partial charge in [0.25, 0.3) is 5.91 Å². The maximum atomic E-state index is 12.0. The molecule has 0 aliphatic carbocycles. The standard InChI is InChI=1S/C15H11Br3N2O2/c1-8-2-3-11(12(17)4-8)15(22)20-19-7-9-5-10(16)6-13(18)14(9)21/h2-7,21H,1H3,(H,20,22). The van der Waals surface area contributed by atoms with Crippen molar-refractivity contribution in [2.45, 2.75) is 6.92 Å². The fraction of sp³-hybridized carbons (Fsp3) is 0.0667. The van der Waals surface area contributed by atoms with Crippen molar-refractivity contribution in [2.75, 3.05) is 0 Å². The molecule has 0 atom stereocenters. The quantitative estimate of drug-likeness (QED) is 0.481. The molecule has 2 aromatic carbocycles. The molecule has 0 aliphatic heterocycles. The number of nitrogens with one attached hydrogen (secondary N) is 1. The summed E-state index contributed by atoms with van der Waals surface area (Å²) in [6.45, 7) is 1.94. The maximum absolute atomic E-state index is 12.0. The fourth-order valence-corrected chi connectivity index (χ4v) is 3.64. The predicted molar refractivity (Wildman–Crippen MR) is 97.4 cm³/mol. The number of phenols is 1. The zero-order valence-corrected chi connectivity index (χ0v) is 16.2. The monoisotopic (exact) mass is 488 g/mol. The average molecular weight is 491 g/mol. The summed E-state index contributed by atoms with van der Waals surface area (Å²) in [5, 5.41) is 13.8. The molecular weight excluding hydrogens is 480 g/mol. The van der Waals surface area contributed by atoms with Crippen LogP contribution in [0.1, 0.15) is 21.5 Å². The van der Waals surface area contributed by atoms with Gasteiger partial charge >= 0.3 is 0 Å². The highest BCUT2D eigenvalue weighted by Gasteiger charge is 2.09. The Morgan fingerprint density at radius 1 is 1.18 bits per heavy atom. The highest BCUT2D eigenvalue weighted by Crippen LogP contribution is 2.30. The van der Waals surface area contributed by atoms with Gasteiger partial charge in [0.05, 0.1) is 16.3 Å². The number of rotatable bonds is 3. The van der Waals surface area contributed by atoms with Gasteiger partial charge in [-0.15, -0.1) is 0 Å². The number of nitrogens with zero attached hydrogens (tertiary/aromatic N) is 1. The van der Waals surface area contributed by atoms with Gasteiger partial charge in [0, 0.05) is 14.5 Å². The van der Waals surface area contributed by atoms with Gasteiger partial charge in [0.1, 0.15) is 5.75 Å². The van der Waals surface area contributed by atoms with E-state index < -0.39 is 0 Å². The van der Waals surface area contributed by atoms with Crippen molar-refractivity contribution in [3.63, 3.8) is 0 Å². The van der Waals surface area contributed by atoms with Crippen molar-refractivity contribution >= 4 is 59.9 Å². The summed E-state index contributed by atoms with van der Waals surface area (Å²) in [6, 6.07) is 8.83. The number of carbonyl (C=O) groups excluding carboxylic acids is 1. The Balaban J connectivity index is 2.14. The van der Waals surface area contributed by atoms with Crippen molar-refractivity contribution in [3.8, 4) is 5.75 Å². The third kappa shape index (κ3) is 4.18. The molecule has 2 N–H and O–H groups in total. The summed E-state index contributed by atoms with van der Waals surface area (Å²) in [6.07, 6.45) is 1.38. The first-order valence-corrected chi connectivity index (χ1v) is 8.54. The number of carbonyl (C=O) groups is 1. The number of hydrogen-bond acceptors (Lipinski definition) is 3. The highest BCUT2D eigenvalue weighted by molar-refractivity contribution is 9.11. The minimum atomic E-state index is -0.336. The number of aryl methyl sites for hydroxylation is 1. The van der Waals surface area contributed by atoms with E-state index in [1.807, 2.05) is 19.1 Å². The molecule has 0 heterocycles. The molecule has 4 nitrogen and oxygen atoms in total. The molecule has 0 aliphatic rings.